The smallest absolute Gasteiger partial charge is 0.0541 e. The fourth-order valence-corrected chi connectivity index (χ4v) is 9.51. The standard InChI is InChI=1S/C58H38N2/c1-3-12-39(13-4-1)41-22-24-42(25-23-41)43-26-32-47(33-27-43)59(48-17-11-16-46(38-48)40-14-5-2-6-15-40)55-36-30-44-29-35-52-56(37-31-45-28-34-51(55)57(44)58(45)52)60-53-20-9-7-18-49(53)50-19-8-10-21-54(50)60/h1-38H. The minimum Gasteiger partial charge on any atom is -0.310 e. The number of rotatable bonds is 7. The minimum atomic E-state index is 1.10. The average molecular weight is 763 g/mol. The molecular weight excluding hydrogens is 725 g/mol. The van der Waals surface area contributed by atoms with Gasteiger partial charge in [-0.15, -0.1) is 0 Å². The van der Waals surface area contributed by atoms with E-state index >= 15 is 0 Å². The third-order valence-electron chi connectivity index (χ3n) is 12.3. The normalized spacial score (nSPS) is 11.7. The van der Waals surface area contributed by atoms with Crippen LogP contribution in [0.2, 0.25) is 0 Å². The molecule has 0 fully saturated rings. The van der Waals surface area contributed by atoms with Crippen molar-refractivity contribution in [2.24, 2.45) is 0 Å². The van der Waals surface area contributed by atoms with Crippen molar-refractivity contribution in [2.75, 3.05) is 4.90 Å². The summed E-state index contributed by atoms with van der Waals surface area (Å²) in [5.74, 6) is 0. The number of hydrogen-bond donors (Lipinski definition) is 0. The Morgan fingerprint density at radius 2 is 0.750 bits per heavy atom. The van der Waals surface area contributed by atoms with Gasteiger partial charge in [-0.3, -0.25) is 0 Å². The van der Waals surface area contributed by atoms with E-state index in [-0.39, 0.29) is 0 Å². The number of anilines is 3. The molecule has 0 N–H and O–H groups in total. The molecule has 0 unspecified atom stereocenters. The topological polar surface area (TPSA) is 8.17 Å². The van der Waals surface area contributed by atoms with E-state index in [4.69, 9.17) is 0 Å². The van der Waals surface area contributed by atoms with E-state index < -0.39 is 0 Å². The lowest BCUT2D eigenvalue weighted by atomic mass is 9.92. The van der Waals surface area contributed by atoms with Gasteiger partial charge in [0.1, 0.15) is 0 Å². The maximum absolute atomic E-state index is 2.45. The highest BCUT2D eigenvalue weighted by atomic mass is 15.1. The van der Waals surface area contributed by atoms with E-state index in [1.54, 1.807) is 0 Å². The van der Waals surface area contributed by atoms with Gasteiger partial charge in [0, 0.05) is 32.9 Å². The Morgan fingerprint density at radius 1 is 0.283 bits per heavy atom. The Bertz CT molecular complexity index is 3460. The van der Waals surface area contributed by atoms with E-state index in [2.05, 4.69) is 240 Å². The molecule has 0 spiro atoms. The third-order valence-corrected chi connectivity index (χ3v) is 12.3. The fraction of sp³-hybridized carbons (Fsp3) is 0. The summed E-state index contributed by atoms with van der Waals surface area (Å²) >= 11 is 0. The van der Waals surface area contributed by atoms with Gasteiger partial charge in [0.2, 0.25) is 0 Å². The Hall–Kier alpha value is -7.94. The van der Waals surface area contributed by atoms with Gasteiger partial charge >= 0.3 is 0 Å². The van der Waals surface area contributed by atoms with Crippen molar-refractivity contribution in [3.63, 3.8) is 0 Å². The van der Waals surface area contributed by atoms with Crippen LogP contribution in [0.15, 0.2) is 231 Å². The molecule has 0 aliphatic carbocycles. The molecule has 280 valence electrons. The second-order valence-electron chi connectivity index (χ2n) is 15.7. The average Bonchev–Trinajstić information content (AvgIpc) is 3.66. The highest BCUT2D eigenvalue weighted by Gasteiger charge is 2.21. The summed E-state index contributed by atoms with van der Waals surface area (Å²) in [6.07, 6.45) is 0. The number of nitrogens with zero attached hydrogens (tertiary/aromatic N) is 2. The molecule has 12 aromatic rings. The molecule has 0 radical (unpaired) electrons. The lowest BCUT2D eigenvalue weighted by molar-refractivity contribution is 1.20. The lowest BCUT2D eigenvalue weighted by Crippen LogP contribution is -2.11. The summed E-state index contributed by atoms with van der Waals surface area (Å²) in [5, 5.41) is 10.0. The molecule has 0 aliphatic rings. The zero-order chi connectivity index (χ0) is 39.6. The van der Waals surface area contributed by atoms with Gasteiger partial charge in [-0.25, -0.2) is 0 Å². The van der Waals surface area contributed by atoms with Crippen molar-refractivity contribution in [3.05, 3.63) is 231 Å². The van der Waals surface area contributed by atoms with Crippen LogP contribution in [0.5, 0.6) is 0 Å². The summed E-state index contributed by atoms with van der Waals surface area (Å²) in [6, 6.07) is 84.2. The van der Waals surface area contributed by atoms with Crippen LogP contribution >= 0.6 is 0 Å². The summed E-state index contributed by atoms with van der Waals surface area (Å²) in [7, 11) is 0. The van der Waals surface area contributed by atoms with Gasteiger partial charge < -0.3 is 9.47 Å². The molecule has 0 atom stereocenters. The van der Waals surface area contributed by atoms with Gasteiger partial charge in [-0.2, -0.15) is 0 Å². The van der Waals surface area contributed by atoms with Crippen LogP contribution < -0.4 is 4.90 Å². The van der Waals surface area contributed by atoms with Crippen molar-refractivity contribution in [2.45, 2.75) is 0 Å². The highest BCUT2D eigenvalue weighted by Crippen LogP contribution is 2.46. The van der Waals surface area contributed by atoms with E-state index in [0.717, 1.165) is 17.1 Å². The van der Waals surface area contributed by atoms with Crippen LogP contribution in [0.25, 0.3) is 93.2 Å². The summed E-state index contributed by atoms with van der Waals surface area (Å²) < 4.78 is 2.45. The summed E-state index contributed by atoms with van der Waals surface area (Å²) in [4.78, 5) is 2.44. The van der Waals surface area contributed by atoms with Crippen molar-refractivity contribution < 1.29 is 0 Å². The number of aromatic nitrogens is 1. The minimum absolute atomic E-state index is 1.10. The molecule has 60 heavy (non-hydrogen) atoms. The predicted molar refractivity (Wildman–Crippen MR) is 255 cm³/mol. The SMILES string of the molecule is c1ccc(-c2ccc(-c3ccc(N(c4cccc(-c5ccccc5)c4)c4ccc5ccc6c(-n7c8ccccc8c8ccccc87)ccc7ccc4c5c76)cc3)cc2)cc1. The quantitative estimate of drug-likeness (QED) is 0.147. The van der Waals surface area contributed by atoms with Crippen LogP contribution in [0.1, 0.15) is 0 Å². The van der Waals surface area contributed by atoms with Crippen LogP contribution in [0, 0.1) is 0 Å². The first-order valence-corrected chi connectivity index (χ1v) is 20.7. The number of hydrogen-bond acceptors (Lipinski definition) is 1. The van der Waals surface area contributed by atoms with E-state index in [1.807, 2.05) is 0 Å². The molecule has 0 bridgehead atoms. The molecule has 11 aromatic carbocycles. The number of para-hydroxylation sites is 2. The monoisotopic (exact) mass is 762 g/mol. The zero-order valence-electron chi connectivity index (χ0n) is 32.8. The first kappa shape index (κ1) is 34.1. The fourth-order valence-electron chi connectivity index (χ4n) is 9.51. The van der Waals surface area contributed by atoms with Crippen molar-refractivity contribution in [3.8, 4) is 39.1 Å². The Balaban J connectivity index is 1.04. The second-order valence-corrected chi connectivity index (χ2v) is 15.7. The van der Waals surface area contributed by atoms with Gasteiger partial charge in [0.15, 0.2) is 0 Å². The van der Waals surface area contributed by atoms with Crippen molar-refractivity contribution in [1.29, 1.82) is 0 Å². The molecule has 12 rings (SSSR count). The number of fused-ring (bicyclic) bond motifs is 3. The van der Waals surface area contributed by atoms with E-state index in [1.165, 1.54) is 93.2 Å². The van der Waals surface area contributed by atoms with Crippen molar-refractivity contribution >= 4 is 71.2 Å². The predicted octanol–water partition coefficient (Wildman–Crippen LogP) is 16.2. The third kappa shape index (κ3) is 5.50. The maximum Gasteiger partial charge on any atom is 0.0541 e. The first-order valence-electron chi connectivity index (χ1n) is 20.7. The molecular formula is C58H38N2. The molecule has 0 saturated carbocycles. The summed E-state index contributed by atoms with van der Waals surface area (Å²) in [5.41, 5.74) is 14.2. The van der Waals surface area contributed by atoms with Crippen LogP contribution in [-0.2, 0) is 0 Å². The zero-order valence-corrected chi connectivity index (χ0v) is 32.8. The molecule has 0 amide bonds. The van der Waals surface area contributed by atoms with Crippen molar-refractivity contribution in [1.82, 2.24) is 4.57 Å². The Morgan fingerprint density at radius 3 is 1.38 bits per heavy atom. The van der Waals surface area contributed by atoms with Gasteiger partial charge in [0.05, 0.1) is 22.4 Å². The first-order chi connectivity index (χ1) is 29.8. The molecule has 0 saturated heterocycles. The molecule has 0 aliphatic heterocycles. The van der Waals surface area contributed by atoms with Gasteiger partial charge in [-0.05, 0) is 103 Å². The molecule has 1 heterocycles. The largest absolute Gasteiger partial charge is 0.310 e. The lowest BCUT2D eigenvalue weighted by Gasteiger charge is -2.28. The van der Waals surface area contributed by atoms with E-state index in [9.17, 15) is 0 Å². The molecule has 1 aromatic heterocycles. The Kier molecular flexibility index (Phi) is 7.89. The Labute approximate surface area is 348 Å². The van der Waals surface area contributed by atoms with Gasteiger partial charge in [-0.1, -0.05) is 182 Å². The second kappa shape index (κ2) is 13.9. The van der Waals surface area contributed by atoms with E-state index in [0.29, 0.717) is 0 Å². The van der Waals surface area contributed by atoms with Crippen LogP contribution in [-0.4, -0.2) is 4.57 Å². The van der Waals surface area contributed by atoms with Gasteiger partial charge in [0.25, 0.3) is 0 Å². The van der Waals surface area contributed by atoms with Crippen LogP contribution in [0.4, 0.5) is 17.1 Å². The highest BCUT2D eigenvalue weighted by molar-refractivity contribution is 6.27. The summed E-state index contributed by atoms with van der Waals surface area (Å²) in [6.45, 7) is 0. The maximum atomic E-state index is 2.45. The molecule has 2 nitrogen and oxygen atoms in total. The number of benzene rings is 11. The molecule has 2 heteroatoms. The van der Waals surface area contributed by atoms with Crippen LogP contribution in [0.3, 0.4) is 0 Å².